The molecule has 3 nitrogen and oxygen atoms in total. The Morgan fingerprint density at radius 3 is 2.33 bits per heavy atom. The zero-order valence-corrected chi connectivity index (χ0v) is 10.4. The van der Waals surface area contributed by atoms with E-state index in [1.54, 1.807) is 0 Å². The van der Waals surface area contributed by atoms with Gasteiger partial charge in [-0.2, -0.15) is 0 Å². The van der Waals surface area contributed by atoms with Crippen LogP contribution in [0.25, 0.3) is 0 Å². The number of amides is 1. The van der Waals surface area contributed by atoms with E-state index in [9.17, 15) is 4.79 Å². The first kappa shape index (κ1) is 12.5. The lowest BCUT2D eigenvalue weighted by Gasteiger charge is -2.49. The van der Waals surface area contributed by atoms with Crippen molar-refractivity contribution in [1.29, 1.82) is 0 Å². The average Bonchev–Trinajstić information content (AvgIpc) is 2.11. The maximum atomic E-state index is 11.9. The molecule has 0 aliphatic carbocycles. The number of carbonyl (C=O) groups excluding carboxylic acids is 1. The monoisotopic (exact) mass is 212 g/mol. The Labute approximate surface area is 93.0 Å². The van der Waals surface area contributed by atoms with Gasteiger partial charge in [-0.15, -0.1) is 0 Å². The second kappa shape index (κ2) is 4.52. The zero-order valence-electron chi connectivity index (χ0n) is 10.4. The van der Waals surface area contributed by atoms with Gasteiger partial charge in [0, 0.05) is 19.0 Å². The van der Waals surface area contributed by atoms with Crippen LogP contribution in [-0.2, 0) is 4.79 Å². The smallest absolute Gasteiger partial charge is 0.225 e. The van der Waals surface area contributed by atoms with Crippen LogP contribution in [0.2, 0.25) is 0 Å². The summed E-state index contributed by atoms with van der Waals surface area (Å²) in [5.41, 5.74) is 6.03. The van der Waals surface area contributed by atoms with E-state index < -0.39 is 0 Å². The van der Waals surface area contributed by atoms with E-state index >= 15 is 0 Å². The van der Waals surface area contributed by atoms with Crippen LogP contribution in [0.5, 0.6) is 0 Å². The van der Waals surface area contributed by atoms with E-state index in [1.165, 1.54) is 0 Å². The fourth-order valence-corrected chi connectivity index (χ4v) is 2.10. The van der Waals surface area contributed by atoms with Crippen LogP contribution in [-0.4, -0.2) is 29.4 Å². The van der Waals surface area contributed by atoms with E-state index in [4.69, 9.17) is 5.73 Å². The molecule has 88 valence electrons. The van der Waals surface area contributed by atoms with Crippen molar-refractivity contribution in [3.8, 4) is 0 Å². The van der Waals surface area contributed by atoms with Crippen LogP contribution >= 0.6 is 0 Å². The summed E-state index contributed by atoms with van der Waals surface area (Å²) in [4.78, 5) is 13.8. The third kappa shape index (κ3) is 2.71. The molecule has 0 aromatic rings. The third-order valence-electron chi connectivity index (χ3n) is 3.46. The van der Waals surface area contributed by atoms with Crippen molar-refractivity contribution in [2.45, 2.75) is 46.1 Å². The molecule has 1 aliphatic heterocycles. The summed E-state index contributed by atoms with van der Waals surface area (Å²) in [6, 6.07) is 0. The van der Waals surface area contributed by atoms with Gasteiger partial charge >= 0.3 is 0 Å². The van der Waals surface area contributed by atoms with Crippen LogP contribution in [0, 0.1) is 11.8 Å². The number of nitrogens with zero attached hydrogens (tertiary/aromatic N) is 1. The molecule has 0 aromatic carbocycles. The molecule has 0 aromatic heterocycles. The molecular formula is C12H24N2O. The van der Waals surface area contributed by atoms with Crippen LogP contribution in [0.3, 0.4) is 0 Å². The molecule has 2 N–H and O–H groups in total. The first-order valence-electron chi connectivity index (χ1n) is 5.97. The molecule has 1 amide bonds. The van der Waals surface area contributed by atoms with Crippen molar-refractivity contribution in [1.82, 2.24) is 4.90 Å². The van der Waals surface area contributed by atoms with Gasteiger partial charge in [0.25, 0.3) is 0 Å². The summed E-state index contributed by atoms with van der Waals surface area (Å²) in [6.45, 7) is 9.81. The molecule has 0 bridgehead atoms. The minimum atomic E-state index is -0.0961. The van der Waals surface area contributed by atoms with Gasteiger partial charge in [-0.3, -0.25) is 4.79 Å². The fraction of sp³-hybridized carbons (Fsp3) is 0.917. The summed E-state index contributed by atoms with van der Waals surface area (Å²) >= 11 is 0. The lowest BCUT2D eigenvalue weighted by Crippen LogP contribution is -2.69. The first-order valence-corrected chi connectivity index (χ1v) is 5.97. The molecule has 1 rings (SSSR count). The molecular weight excluding hydrogens is 188 g/mol. The molecule has 0 radical (unpaired) electrons. The minimum Gasteiger partial charge on any atom is -0.339 e. The average molecular weight is 212 g/mol. The molecule has 1 atom stereocenters. The molecule has 3 heteroatoms. The van der Waals surface area contributed by atoms with Crippen molar-refractivity contribution in [3.05, 3.63) is 0 Å². The van der Waals surface area contributed by atoms with E-state index in [0.29, 0.717) is 5.92 Å². The number of hydrogen-bond acceptors (Lipinski definition) is 2. The second-order valence-corrected chi connectivity index (χ2v) is 5.34. The zero-order chi connectivity index (χ0) is 11.6. The van der Waals surface area contributed by atoms with Crippen molar-refractivity contribution in [2.24, 2.45) is 17.6 Å². The van der Waals surface area contributed by atoms with Crippen LogP contribution in [0.1, 0.15) is 40.5 Å². The number of nitrogens with two attached hydrogens (primary N) is 1. The Hall–Kier alpha value is -0.570. The normalized spacial score (nSPS) is 21.3. The highest BCUT2D eigenvalue weighted by atomic mass is 16.2. The highest BCUT2D eigenvalue weighted by Crippen LogP contribution is 2.26. The number of hydrogen-bond donors (Lipinski definition) is 1. The Kier molecular flexibility index (Phi) is 3.77. The van der Waals surface area contributed by atoms with Gasteiger partial charge in [0.1, 0.15) is 0 Å². The topological polar surface area (TPSA) is 46.3 Å². The molecule has 1 fully saturated rings. The fourth-order valence-electron chi connectivity index (χ4n) is 2.10. The van der Waals surface area contributed by atoms with Crippen molar-refractivity contribution >= 4 is 5.91 Å². The lowest BCUT2D eigenvalue weighted by atomic mass is 9.84. The van der Waals surface area contributed by atoms with Crippen LogP contribution in [0.4, 0.5) is 0 Å². The van der Waals surface area contributed by atoms with Gasteiger partial charge in [0.15, 0.2) is 0 Å². The Morgan fingerprint density at radius 1 is 1.40 bits per heavy atom. The quantitative estimate of drug-likeness (QED) is 0.769. The van der Waals surface area contributed by atoms with E-state index in [-0.39, 0.29) is 17.4 Å². The van der Waals surface area contributed by atoms with Crippen molar-refractivity contribution < 1.29 is 4.79 Å². The minimum absolute atomic E-state index is 0.0961. The molecule has 1 heterocycles. The van der Waals surface area contributed by atoms with Gasteiger partial charge in [-0.25, -0.2) is 0 Å². The largest absolute Gasteiger partial charge is 0.339 e. The van der Waals surface area contributed by atoms with Gasteiger partial charge in [0.05, 0.1) is 5.54 Å². The molecule has 1 unspecified atom stereocenters. The maximum Gasteiger partial charge on any atom is 0.225 e. The highest BCUT2D eigenvalue weighted by Gasteiger charge is 2.42. The summed E-state index contributed by atoms with van der Waals surface area (Å²) in [7, 11) is 0. The van der Waals surface area contributed by atoms with Gasteiger partial charge in [-0.05, 0) is 12.3 Å². The third-order valence-corrected chi connectivity index (χ3v) is 3.46. The summed E-state index contributed by atoms with van der Waals surface area (Å²) in [6.07, 6.45) is 2.12. The molecule has 15 heavy (non-hydrogen) atoms. The molecule has 1 saturated heterocycles. The summed E-state index contributed by atoms with van der Waals surface area (Å²) in [5, 5.41) is 0. The number of rotatable bonds is 4. The second-order valence-electron chi connectivity index (χ2n) is 5.34. The Morgan fingerprint density at radius 2 is 1.93 bits per heavy atom. The van der Waals surface area contributed by atoms with Gasteiger partial charge < -0.3 is 10.6 Å². The number of likely N-dealkylation sites (tertiary alicyclic amines) is 1. The maximum absolute atomic E-state index is 11.9. The number of carbonyl (C=O) groups is 1. The van der Waals surface area contributed by atoms with E-state index in [2.05, 4.69) is 20.8 Å². The van der Waals surface area contributed by atoms with Gasteiger partial charge in [0.2, 0.25) is 5.91 Å². The van der Waals surface area contributed by atoms with Crippen LogP contribution in [0.15, 0.2) is 0 Å². The molecule has 1 aliphatic rings. The molecule has 0 spiro atoms. The standard InChI is InChI=1S/C12H24N2O/c1-5-6-12(13)7-14(8-12)11(15)10(4)9(2)3/h9-10H,5-8,13H2,1-4H3. The van der Waals surface area contributed by atoms with Crippen molar-refractivity contribution in [3.63, 3.8) is 0 Å². The Bertz CT molecular complexity index is 232. The van der Waals surface area contributed by atoms with Gasteiger partial charge in [-0.1, -0.05) is 34.1 Å². The highest BCUT2D eigenvalue weighted by molar-refractivity contribution is 5.80. The molecule has 0 saturated carbocycles. The predicted molar refractivity (Wildman–Crippen MR) is 62.4 cm³/mol. The summed E-state index contributed by atoms with van der Waals surface area (Å²) < 4.78 is 0. The lowest BCUT2D eigenvalue weighted by molar-refractivity contribution is -0.144. The summed E-state index contributed by atoms with van der Waals surface area (Å²) in [5.74, 6) is 0.801. The van der Waals surface area contributed by atoms with E-state index in [0.717, 1.165) is 25.9 Å². The Balaban J connectivity index is 2.41. The van der Waals surface area contributed by atoms with Crippen molar-refractivity contribution in [2.75, 3.05) is 13.1 Å². The van der Waals surface area contributed by atoms with E-state index in [1.807, 2.05) is 11.8 Å². The van der Waals surface area contributed by atoms with Crippen LogP contribution < -0.4 is 5.73 Å². The predicted octanol–water partition coefficient (Wildman–Crippen LogP) is 1.62. The SMILES string of the molecule is CCCC1(N)CN(C(=O)C(C)C(C)C)C1. The first-order chi connectivity index (χ1) is 6.89.